The molecule has 6 heteroatoms. The van der Waals surface area contributed by atoms with E-state index in [0.717, 1.165) is 19.3 Å². The summed E-state index contributed by atoms with van der Waals surface area (Å²) in [7, 11) is 1.59. The number of nitrogens with one attached hydrogen (secondary N) is 1. The molecule has 1 atom stereocenters. The molecule has 21 heavy (non-hydrogen) atoms. The zero-order valence-electron chi connectivity index (χ0n) is 11.6. The molecule has 1 aromatic heterocycles. The molecule has 0 spiro atoms. The normalized spacial score (nSPS) is 18.4. The maximum Gasteiger partial charge on any atom is 0.293 e. The predicted octanol–water partition coefficient (Wildman–Crippen LogP) is 2.27. The first-order valence-electron chi connectivity index (χ1n) is 6.84. The lowest BCUT2D eigenvalue weighted by Gasteiger charge is -2.31. The first kappa shape index (κ1) is 14.5. The summed E-state index contributed by atoms with van der Waals surface area (Å²) < 4.78 is 1.27. The lowest BCUT2D eigenvalue weighted by atomic mass is 9.89. The number of benzene rings is 1. The number of hydroxylamine groups is 1. The smallest absolute Gasteiger partial charge is 0.293 e. The second-order valence-electron chi connectivity index (χ2n) is 4.93. The van der Waals surface area contributed by atoms with E-state index in [2.05, 4.69) is 30.3 Å². The minimum atomic E-state index is 0.0577. The quantitative estimate of drug-likeness (QED) is 0.292. The van der Waals surface area contributed by atoms with Gasteiger partial charge in [0.25, 0.3) is 7.41 Å². The molecule has 0 bridgehead atoms. The van der Waals surface area contributed by atoms with Crippen LogP contribution in [-0.2, 0) is 16.2 Å². The zero-order valence-corrected chi connectivity index (χ0v) is 12.4. The molecule has 1 aliphatic heterocycles. The van der Waals surface area contributed by atoms with Crippen LogP contribution in [0.3, 0.4) is 0 Å². The summed E-state index contributed by atoms with van der Waals surface area (Å²) in [5.41, 5.74) is 4.37. The number of thiophene rings is 1. The van der Waals surface area contributed by atoms with E-state index in [1.807, 2.05) is 10.9 Å². The molecule has 0 saturated carbocycles. The molecule has 0 saturated heterocycles. The topological polar surface area (TPSA) is 41.6 Å². The maximum absolute atomic E-state index is 10.8. The van der Waals surface area contributed by atoms with Crippen molar-refractivity contribution in [3.63, 3.8) is 0 Å². The van der Waals surface area contributed by atoms with Crippen molar-refractivity contribution in [3.8, 4) is 0 Å². The van der Waals surface area contributed by atoms with Crippen LogP contribution in [0.25, 0.3) is 10.1 Å². The number of rotatable bonds is 6. The summed E-state index contributed by atoms with van der Waals surface area (Å²) >= 11 is 1.79. The van der Waals surface area contributed by atoms with Gasteiger partial charge < -0.3 is 9.61 Å². The SMILES string of the molecule is C=CCONC1CN([B]C=O)Cc2c1sc1ccccc21. The van der Waals surface area contributed by atoms with Crippen LogP contribution in [0.5, 0.6) is 0 Å². The Morgan fingerprint density at radius 1 is 1.52 bits per heavy atom. The fraction of sp³-hybridized carbons (Fsp3) is 0.267. The van der Waals surface area contributed by atoms with Crippen LogP contribution in [0, 0.1) is 0 Å². The molecule has 0 aliphatic carbocycles. The zero-order chi connectivity index (χ0) is 14.7. The molecule has 1 aliphatic rings. The van der Waals surface area contributed by atoms with Crippen LogP contribution < -0.4 is 5.48 Å². The number of carbonyl (C=O) groups excluding carboxylic acids is 1. The minimum absolute atomic E-state index is 0.0577. The summed E-state index contributed by atoms with van der Waals surface area (Å²) in [6.07, 6.45) is 2.54. The maximum atomic E-state index is 10.8. The van der Waals surface area contributed by atoms with E-state index < -0.39 is 0 Å². The van der Waals surface area contributed by atoms with Gasteiger partial charge >= 0.3 is 0 Å². The summed E-state index contributed by atoms with van der Waals surface area (Å²) in [5, 5.41) is 1.26. The highest BCUT2D eigenvalue weighted by Crippen LogP contribution is 2.39. The molecule has 2 aromatic rings. The lowest BCUT2D eigenvalue weighted by Crippen LogP contribution is -2.41. The van der Waals surface area contributed by atoms with Crippen LogP contribution in [0.1, 0.15) is 16.5 Å². The standard InChI is InChI=1S/C15H16BN2O2S/c1-2-7-20-17-13-9-18(16-10-19)8-12-11-5-3-4-6-14(11)21-15(12)13/h2-6,10,13,17H,1,7-9H2. The molecule has 3 rings (SSSR count). The van der Waals surface area contributed by atoms with Gasteiger partial charge in [-0.25, -0.2) is 0 Å². The molecule has 1 unspecified atom stereocenters. The van der Waals surface area contributed by atoms with Gasteiger partial charge in [-0.2, -0.15) is 5.48 Å². The number of hydrogen-bond donors (Lipinski definition) is 1. The van der Waals surface area contributed by atoms with E-state index in [1.165, 1.54) is 20.5 Å². The molecule has 0 amide bonds. The summed E-state index contributed by atoms with van der Waals surface area (Å²) in [6, 6.07) is 8.43. The van der Waals surface area contributed by atoms with Gasteiger partial charge in [-0.15, -0.1) is 17.9 Å². The van der Waals surface area contributed by atoms with Crippen LogP contribution >= 0.6 is 11.3 Å². The minimum Gasteiger partial charge on any atom is -0.334 e. The highest BCUT2D eigenvalue weighted by atomic mass is 32.1. The van der Waals surface area contributed by atoms with Gasteiger partial charge in [-0.1, -0.05) is 24.3 Å². The second kappa shape index (κ2) is 6.53. The Bertz CT molecular complexity index is 658. The molecule has 2 heterocycles. The van der Waals surface area contributed by atoms with Crippen molar-refractivity contribution < 1.29 is 9.63 Å². The summed E-state index contributed by atoms with van der Waals surface area (Å²) in [5.74, 6) is 0. The first-order valence-corrected chi connectivity index (χ1v) is 7.66. The fourth-order valence-electron chi connectivity index (χ4n) is 2.65. The van der Waals surface area contributed by atoms with Crippen LogP contribution in [0.4, 0.5) is 0 Å². The lowest BCUT2D eigenvalue weighted by molar-refractivity contribution is 0.0273. The van der Waals surface area contributed by atoms with Gasteiger partial charge in [0.05, 0.1) is 18.8 Å². The van der Waals surface area contributed by atoms with E-state index in [0.29, 0.717) is 6.61 Å². The second-order valence-corrected chi connectivity index (χ2v) is 6.01. The molecular weight excluding hydrogens is 283 g/mol. The summed E-state index contributed by atoms with van der Waals surface area (Å²) in [4.78, 5) is 19.5. The van der Waals surface area contributed by atoms with Crippen molar-refractivity contribution in [3.05, 3.63) is 47.4 Å². The van der Waals surface area contributed by atoms with E-state index in [9.17, 15) is 4.79 Å². The summed E-state index contributed by atoms with van der Waals surface area (Å²) in [6.45, 7) is 5.57. The van der Waals surface area contributed by atoms with Crippen molar-refractivity contribution >= 4 is 35.0 Å². The Morgan fingerprint density at radius 2 is 2.38 bits per heavy atom. The van der Waals surface area contributed by atoms with Crippen molar-refractivity contribution in [2.75, 3.05) is 13.2 Å². The largest absolute Gasteiger partial charge is 0.334 e. The Hall–Kier alpha value is -1.47. The molecule has 0 fully saturated rings. The van der Waals surface area contributed by atoms with E-state index in [4.69, 9.17) is 4.84 Å². The third kappa shape index (κ3) is 2.94. The molecular formula is C15H16BN2O2S. The number of fused-ring (bicyclic) bond motifs is 3. The molecule has 107 valence electrons. The van der Waals surface area contributed by atoms with Gasteiger partial charge in [0.15, 0.2) is 0 Å². The highest BCUT2D eigenvalue weighted by molar-refractivity contribution is 7.19. The van der Waals surface area contributed by atoms with Gasteiger partial charge in [-0.05, 0) is 17.0 Å². The average Bonchev–Trinajstić information content (AvgIpc) is 2.87. The number of carbonyl (C=O) groups is 1. The van der Waals surface area contributed by atoms with E-state index in [1.54, 1.807) is 24.8 Å². The molecule has 1 aromatic carbocycles. The van der Waals surface area contributed by atoms with Crippen molar-refractivity contribution in [1.82, 2.24) is 10.3 Å². The van der Waals surface area contributed by atoms with Gasteiger partial charge in [-0.3, -0.25) is 4.84 Å². The van der Waals surface area contributed by atoms with Gasteiger partial charge in [0, 0.05) is 22.7 Å². The van der Waals surface area contributed by atoms with Crippen molar-refractivity contribution in [2.45, 2.75) is 12.6 Å². The Morgan fingerprint density at radius 3 is 3.19 bits per heavy atom. The van der Waals surface area contributed by atoms with Crippen LogP contribution in [-0.4, -0.2) is 31.6 Å². The van der Waals surface area contributed by atoms with Gasteiger partial charge in [0.1, 0.15) is 0 Å². The Balaban J connectivity index is 1.94. The van der Waals surface area contributed by atoms with Crippen molar-refractivity contribution in [1.29, 1.82) is 0 Å². The number of hydrogen-bond acceptors (Lipinski definition) is 5. The molecule has 1 radical (unpaired) electrons. The predicted molar refractivity (Wildman–Crippen MR) is 86.8 cm³/mol. The van der Waals surface area contributed by atoms with Crippen LogP contribution in [0.15, 0.2) is 36.9 Å². The first-order chi connectivity index (χ1) is 10.3. The molecule has 4 nitrogen and oxygen atoms in total. The van der Waals surface area contributed by atoms with Crippen LogP contribution in [0.2, 0.25) is 0 Å². The van der Waals surface area contributed by atoms with E-state index in [-0.39, 0.29) is 6.04 Å². The van der Waals surface area contributed by atoms with E-state index >= 15 is 0 Å². The average molecular weight is 299 g/mol. The monoisotopic (exact) mass is 299 g/mol. The van der Waals surface area contributed by atoms with Gasteiger partial charge in [0.2, 0.25) is 0 Å². The highest BCUT2D eigenvalue weighted by Gasteiger charge is 2.29. The fourth-order valence-corrected chi connectivity index (χ4v) is 3.89. The van der Waals surface area contributed by atoms with Crippen molar-refractivity contribution in [2.24, 2.45) is 0 Å². The Kier molecular flexibility index (Phi) is 4.50. The number of nitrogens with zero attached hydrogens (tertiary/aromatic N) is 1. The Labute approximate surface area is 128 Å². The molecule has 1 N–H and O–H groups in total. The third-order valence-electron chi connectivity index (χ3n) is 3.52. The third-order valence-corrected chi connectivity index (χ3v) is 4.85.